The first-order valence-electron chi connectivity index (χ1n) is 6.81. The van der Waals surface area contributed by atoms with Gasteiger partial charge < -0.3 is 15.4 Å². The highest BCUT2D eigenvalue weighted by Crippen LogP contribution is 2.32. The highest BCUT2D eigenvalue weighted by Gasteiger charge is 2.32. The van der Waals surface area contributed by atoms with Crippen LogP contribution in [0.15, 0.2) is 54.6 Å². The van der Waals surface area contributed by atoms with Crippen LogP contribution in [0.1, 0.15) is 11.7 Å². The quantitative estimate of drug-likeness (QED) is 0.895. The van der Waals surface area contributed by atoms with Crippen LogP contribution in [0.25, 0.3) is 0 Å². The number of nitrogens with one attached hydrogen (secondary N) is 2. The monoisotopic (exact) mass is 297 g/mol. The molecule has 1 unspecified atom stereocenters. The van der Waals surface area contributed by atoms with Gasteiger partial charge in [-0.1, -0.05) is 36.4 Å². The maximum Gasteiger partial charge on any atom is 0.416 e. The molecule has 22 heavy (non-hydrogen) atoms. The first-order chi connectivity index (χ1) is 10.6. The number of amides is 3. The Morgan fingerprint density at radius 3 is 2.55 bits per heavy atom. The van der Waals surface area contributed by atoms with Gasteiger partial charge in [-0.05, 0) is 18.2 Å². The number of urea groups is 1. The van der Waals surface area contributed by atoms with E-state index < -0.39 is 18.3 Å². The number of para-hydroxylation sites is 2. The van der Waals surface area contributed by atoms with Crippen LogP contribution in [-0.2, 0) is 0 Å². The van der Waals surface area contributed by atoms with Crippen molar-refractivity contribution in [1.29, 1.82) is 0 Å². The Balaban J connectivity index is 1.79. The molecular weight excluding hydrogens is 282 g/mol. The number of benzene rings is 2. The van der Waals surface area contributed by atoms with Crippen molar-refractivity contribution >= 4 is 17.8 Å². The number of carbonyl (C=O) groups excluding carboxylic acids is 2. The van der Waals surface area contributed by atoms with Crippen LogP contribution >= 0.6 is 0 Å². The van der Waals surface area contributed by atoms with Crippen LogP contribution in [-0.4, -0.2) is 24.1 Å². The number of ether oxygens (including phenoxy) is 1. The fourth-order valence-electron chi connectivity index (χ4n) is 2.27. The van der Waals surface area contributed by atoms with Crippen molar-refractivity contribution in [3.8, 4) is 5.75 Å². The Bertz CT molecular complexity index is 703. The summed E-state index contributed by atoms with van der Waals surface area (Å²) in [5.41, 5.74) is 1.40. The molecule has 0 saturated heterocycles. The van der Waals surface area contributed by atoms with E-state index in [1.165, 1.54) is 4.90 Å². The number of carbonyl (C=O) groups is 2. The molecule has 3 amide bonds. The minimum Gasteiger partial charge on any atom is -0.410 e. The second-order valence-corrected chi connectivity index (χ2v) is 4.88. The number of hydrogen-bond donors (Lipinski definition) is 2. The van der Waals surface area contributed by atoms with E-state index in [0.29, 0.717) is 11.4 Å². The van der Waals surface area contributed by atoms with E-state index >= 15 is 0 Å². The average Bonchev–Trinajstić information content (AvgIpc) is 2.53. The standard InChI is InChI=1S/C16H15N3O3/c1-19-14(12-9-5-6-10-13(12)22-16(19)21)18-15(20)17-11-7-3-2-4-8-11/h2-10,14H,1H3,(H2,17,18,20). The van der Waals surface area contributed by atoms with Gasteiger partial charge in [0.25, 0.3) is 0 Å². The predicted octanol–water partition coefficient (Wildman–Crippen LogP) is 2.95. The van der Waals surface area contributed by atoms with Crippen LogP contribution in [0.4, 0.5) is 15.3 Å². The van der Waals surface area contributed by atoms with Crippen molar-refractivity contribution < 1.29 is 14.3 Å². The molecule has 1 aliphatic rings. The molecule has 1 aliphatic heterocycles. The smallest absolute Gasteiger partial charge is 0.410 e. The van der Waals surface area contributed by atoms with Crippen molar-refractivity contribution in [2.24, 2.45) is 0 Å². The first kappa shape index (κ1) is 13.9. The number of fused-ring (bicyclic) bond motifs is 1. The zero-order valence-electron chi connectivity index (χ0n) is 11.9. The van der Waals surface area contributed by atoms with Gasteiger partial charge in [-0.2, -0.15) is 0 Å². The molecule has 0 aliphatic carbocycles. The molecule has 6 heteroatoms. The summed E-state index contributed by atoms with van der Waals surface area (Å²) in [6.07, 6.45) is -1.09. The van der Waals surface area contributed by atoms with Crippen molar-refractivity contribution in [2.45, 2.75) is 6.17 Å². The molecule has 0 aromatic heterocycles. The summed E-state index contributed by atoms with van der Waals surface area (Å²) in [4.78, 5) is 25.3. The first-order valence-corrected chi connectivity index (χ1v) is 6.81. The molecule has 2 N–H and O–H groups in total. The molecule has 6 nitrogen and oxygen atoms in total. The van der Waals surface area contributed by atoms with E-state index in [4.69, 9.17) is 4.74 Å². The zero-order valence-corrected chi connectivity index (χ0v) is 11.9. The summed E-state index contributed by atoms with van der Waals surface area (Å²) in [6, 6.07) is 15.8. The lowest BCUT2D eigenvalue weighted by Crippen LogP contribution is -2.47. The van der Waals surface area contributed by atoms with E-state index in [0.717, 1.165) is 5.56 Å². The summed E-state index contributed by atoms with van der Waals surface area (Å²) < 4.78 is 5.19. The SMILES string of the molecule is CN1C(=O)Oc2ccccc2C1NC(=O)Nc1ccccc1. The van der Waals surface area contributed by atoms with Gasteiger partial charge in [0.15, 0.2) is 0 Å². The lowest BCUT2D eigenvalue weighted by Gasteiger charge is -2.33. The number of rotatable bonds is 2. The molecular formula is C16H15N3O3. The third-order valence-corrected chi connectivity index (χ3v) is 3.39. The third-order valence-electron chi connectivity index (χ3n) is 3.39. The van der Waals surface area contributed by atoms with E-state index in [-0.39, 0.29) is 0 Å². The molecule has 0 radical (unpaired) electrons. The molecule has 3 rings (SSSR count). The molecule has 1 atom stereocenters. The van der Waals surface area contributed by atoms with Crippen LogP contribution in [0, 0.1) is 0 Å². The molecule has 0 fully saturated rings. The maximum absolute atomic E-state index is 12.1. The highest BCUT2D eigenvalue weighted by atomic mass is 16.6. The highest BCUT2D eigenvalue weighted by molar-refractivity contribution is 5.90. The minimum absolute atomic E-state index is 0.396. The molecule has 2 aromatic rings. The predicted molar refractivity (Wildman–Crippen MR) is 81.6 cm³/mol. The Morgan fingerprint density at radius 1 is 1.09 bits per heavy atom. The van der Waals surface area contributed by atoms with Gasteiger partial charge >= 0.3 is 12.1 Å². The molecule has 0 saturated carbocycles. The van der Waals surface area contributed by atoms with Crippen LogP contribution in [0.3, 0.4) is 0 Å². The summed E-state index contributed by atoms with van der Waals surface area (Å²) >= 11 is 0. The Labute approximate surface area is 127 Å². The second kappa shape index (κ2) is 5.77. The summed E-state index contributed by atoms with van der Waals surface area (Å²) in [5, 5.41) is 5.51. The summed E-state index contributed by atoms with van der Waals surface area (Å²) in [5.74, 6) is 0.454. The molecule has 112 valence electrons. The van der Waals surface area contributed by atoms with Crippen molar-refractivity contribution in [3.05, 3.63) is 60.2 Å². The van der Waals surface area contributed by atoms with Crippen molar-refractivity contribution in [3.63, 3.8) is 0 Å². The number of anilines is 1. The Morgan fingerprint density at radius 2 is 1.77 bits per heavy atom. The van der Waals surface area contributed by atoms with Crippen molar-refractivity contribution in [2.75, 3.05) is 12.4 Å². The van der Waals surface area contributed by atoms with Gasteiger partial charge in [-0.3, -0.25) is 4.90 Å². The largest absolute Gasteiger partial charge is 0.416 e. The minimum atomic E-state index is -0.582. The topological polar surface area (TPSA) is 70.7 Å². The van der Waals surface area contributed by atoms with Crippen LogP contribution < -0.4 is 15.4 Å². The molecule has 2 aromatic carbocycles. The normalized spacial score (nSPS) is 16.5. The zero-order chi connectivity index (χ0) is 15.5. The lowest BCUT2D eigenvalue weighted by atomic mass is 10.1. The third kappa shape index (κ3) is 2.71. The van der Waals surface area contributed by atoms with E-state index in [2.05, 4.69) is 10.6 Å². The summed E-state index contributed by atoms with van der Waals surface area (Å²) in [6.45, 7) is 0. The Kier molecular flexibility index (Phi) is 3.65. The fourth-order valence-corrected chi connectivity index (χ4v) is 2.27. The summed E-state index contributed by atoms with van der Waals surface area (Å²) in [7, 11) is 1.58. The van der Waals surface area contributed by atoms with Gasteiger partial charge in [-0.15, -0.1) is 0 Å². The van der Waals surface area contributed by atoms with Gasteiger partial charge in [0, 0.05) is 18.3 Å². The average molecular weight is 297 g/mol. The molecule has 1 heterocycles. The Hall–Kier alpha value is -3.02. The van der Waals surface area contributed by atoms with Gasteiger partial charge in [0.05, 0.1) is 0 Å². The molecule has 0 bridgehead atoms. The van der Waals surface area contributed by atoms with E-state index in [1.54, 1.807) is 31.3 Å². The number of hydrogen-bond acceptors (Lipinski definition) is 3. The van der Waals surface area contributed by atoms with Crippen LogP contribution in [0.5, 0.6) is 5.75 Å². The lowest BCUT2D eigenvalue weighted by molar-refractivity contribution is 0.123. The second-order valence-electron chi connectivity index (χ2n) is 4.88. The van der Waals surface area contributed by atoms with Crippen LogP contribution in [0.2, 0.25) is 0 Å². The van der Waals surface area contributed by atoms with Gasteiger partial charge in [0.1, 0.15) is 11.9 Å². The van der Waals surface area contributed by atoms with E-state index in [9.17, 15) is 9.59 Å². The number of nitrogens with zero attached hydrogens (tertiary/aromatic N) is 1. The maximum atomic E-state index is 12.1. The van der Waals surface area contributed by atoms with E-state index in [1.807, 2.05) is 30.3 Å². The van der Waals surface area contributed by atoms with Gasteiger partial charge in [-0.25, -0.2) is 9.59 Å². The van der Waals surface area contributed by atoms with Crippen molar-refractivity contribution in [1.82, 2.24) is 10.2 Å². The van der Waals surface area contributed by atoms with Gasteiger partial charge in [0.2, 0.25) is 0 Å². The fraction of sp³-hybridized carbons (Fsp3) is 0.125. The molecule has 0 spiro atoms.